The molecule has 0 atom stereocenters. The van der Waals surface area contributed by atoms with Gasteiger partial charge in [-0.05, 0) is 24.3 Å². The molecule has 2 aromatic rings. The van der Waals surface area contributed by atoms with Gasteiger partial charge in [-0.3, -0.25) is 4.79 Å². The van der Waals surface area contributed by atoms with Crippen LogP contribution in [0.25, 0.3) is 10.8 Å². The minimum Gasteiger partial charge on any atom is -0.481 e. The fraction of sp³-hybridized carbons (Fsp3) is 0.353. The molecular formula is C17H21NO4S. The molecule has 0 aliphatic rings. The van der Waals surface area contributed by atoms with E-state index in [1.807, 2.05) is 24.3 Å². The molecule has 0 aliphatic heterocycles. The molecule has 5 nitrogen and oxygen atoms in total. The number of carboxylic acid groups (broad SMARTS) is 1. The summed E-state index contributed by atoms with van der Waals surface area (Å²) >= 11 is 0. The highest BCUT2D eigenvalue weighted by Crippen LogP contribution is 2.22. The van der Waals surface area contributed by atoms with Crippen LogP contribution >= 0.6 is 0 Å². The first kappa shape index (κ1) is 17.4. The molecule has 0 amide bonds. The van der Waals surface area contributed by atoms with Crippen LogP contribution in [0.4, 0.5) is 0 Å². The summed E-state index contributed by atoms with van der Waals surface area (Å²) in [4.78, 5) is 10.7. The van der Waals surface area contributed by atoms with Crippen LogP contribution in [0, 0.1) is 0 Å². The molecule has 124 valence electrons. The van der Waals surface area contributed by atoms with Crippen molar-refractivity contribution in [1.29, 1.82) is 0 Å². The van der Waals surface area contributed by atoms with Gasteiger partial charge in [-0.25, -0.2) is 13.1 Å². The molecular weight excluding hydrogens is 314 g/mol. The van der Waals surface area contributed by atoms with Crippen LogP contribution in [0.5, 0.6) is 0 Å². The first-order chi connectivity index (χ1) is 11.0. The average Bonchev–Trinajstić information content (AvgIpc) is 2.53. The summed E-state index contributed by atoms with van der Waals surface area (Å²) in [7, 11) is -3.54. The lowest BCUT2D eigenvalue weighted by Crippen LogP contribution is -2.25. The van der Waals surface area contributed by atoms with Crippen LogP contribution in [0.2, 0.25) is 0 Å². The molecule has 0 radical (unpaired) electrons. The molecule has 0 unspecified atom stereocenters. The highest BCUT2D eigenvalue weighted by atomic mass is 32.2. The Morgan fingerprint density at radius 3 is 2.43 bits per heavy atom. The Hall–Kier alpha value is -1.92. The van der Waals surface area contributed by atoms with Crippen molar-refractivity contribution >= 4 is 26.8 Å². The molecule has 0 fully saturated rings. The number of carboxylic acids is 1. The van der Waals surface area contributed by atoms with E-state index in [0.717, 1.165) is 18.2 Å². The molecule has 2 aromatic carbocycles. The highest BCUT2D eigenvalue weighted by Gasteiger charge is 2.16. The van der Waals surface area contributed by atoms with Gasteiger partial charge < -0.3 is 5.11 Å². The second-order valence-corrected chi connectivity index (χ2v) is 7.17. The lowest BCUT2D eigenvalue weighted by Gasteiger charge is -2.09. The first-order valence-electron chi connectivity index (χ1n) is 7.70. The molecule has 0 spiro atoms. The molecule has 0 saturated carbocycles. The van der Waals surface area contributed by atoms with Crippen LogP contribution < -0.4 is 4.72 Å². The standard InChI is InChI=1S/C17H21NO4S/c19-17(20)12-3-1-2-6-13-18-23(21,22)16-11-7-9-14-8-4-5-10-15(14)16/h4-5,7-11,18H,1-3,6,12-13H2,(H,19,20). The zero-order valence-electron chi connectivity index (χ0n) is 12.9. The molecule has 0 saturated heterocycles. The number of nitrogens with one attached hydrogen (secondary N) is 1. The number of rotatable bonds is 9. The third kappa shape index (κ3) is 5.04. The van der Waals surface area contributed by atoms with Crippen LogP contribution in [-0.2, 0) is 14.8 Å². The van der Waals surface area contributed by atoms with Gasteiger partial charge in [-0.15, -0.1) is 0 Å². The third-order valence-electron chi connectivity index (χ3n) is 3.65. The Kier molecular flexibility index (Phi) is 6.12. The Morgan fingerprint density at radius 2 is 1.65 bits per heavy atom. The van der Waals surface area contributed by atoms with Gasteiger partial charge >= 0.3 is 5.97 Å². The van der Waals surface area contributed by atoms with Gasteiger partial charge in [0, 0.05) is 18.4 Å². The fourth-order valence-electron chi connectivity index (χ4n) is 2.47. The van der Waals surface area contributed by atoms with Gasteiger partial charge in [0.15, 0.2) is 0 Å². The van der Waals surface area contributed by atoms with Crippen molar-refractivity contribution in [3.05, 3.63) is 42.5 Å². The van der Waals surface area contributed by atoms with E-state index in [1.54, 1.807) is 18.2 Å². The van der Waals surface area contributed by atoms with E-state index in [2.05, 4.69) is 4.72 Å². The number of unbranched alkanes of at least 4 members (excludes halogenated alkanes) is 3. The molecule has 2 rings (SSSR count). The maximum Gasteiger partial charge on any atom is 0.303 e. The summed E-state index contributed by atoms with van der Waals surface area (Å²) in [6.45, 7) is 0.360. The van der Waals surface area contributed by atoms with Crippen molar-refractivity contribution in [2.24, 2.45) is 0 Å². The molecule has 0 bridgehead atoms. The summed E-state index contributed by atoms with van der Waals surface area (Å²) in [5.74, 6) is -0.790. The molecule has 0 heterocycles. The van der Waals surface area contributed by atoms with Gasteiger partial charge in [0.05, 0.1) is 4.90 Å². The summed E-state index contributed by atoms with van der Waals surface area (Å²) < 4.78 is 27.5. The number of benzene rings is 2. The number of hydrogen-bond acceptors (Lipinski definition) is 3. The molecule has 0 aromatic heterocycles. The Morgan fingerprint density at radius 1 is 0.957 bits per heavy atom. The first-order valence-corrected chi connectivity index (χ1v) is 9.18. The predicted molar refractivity (Wildman–Crippen MR) is 89.9 cm³/mol. The van der Waals surface area contributed by atoms with Crippen LogP contribution in [-0.4, -0.2) is 26.0 Å². The molecule has 23 heavy (non-hydrogen) atoms. The summed E-state index contributed by atoms with van der Waals surface area (Å²) in [6, 6.07) is 12.6. The van der Waals surface area contributed by atoms with Crippen molar-refractivity contribution in [3.8, 4) is 0 Å². The lowest BCUT2D eigenvalue weighted by atomic mass is 10.1. The number of fused-ring (bicyclic) bond motifs is 1. The number of aliphatic carboxylic acids is 1. The highest BCUT2D eigenvalue weighted by molar-refractivity contribution is 7.89. The van der Waals surface area contributed by atoms with Gasteiger partial charge in [-0.1, -0.05) is 49.2 Å². The topological polar surface area (TPSA) is 83.5 Å². The van der Waals surface area contributed by atoms with E-state index >= 15 is 0 Å². The van der Waals surface area contributed by atoms with E-state index in [4.69, 9.17) is 5.11 Å². The SMILES string of the molecule is O=C(O)CCCCCCNS(=O)(=O)c1cccc2ccccc12. The van der Waals surface area contributed by atoms with Crippen molar-refractivity contribution in [2.75, 3.05) is 6.54 Å². The number of sulfonamides is 1. The zero-order chi connectivity index (χ0) is 16.7. The Labute approximate surface area is 136 Å². The minimum absolute atomic E-state index is 0.168. The quantitative estimate of drug-likeness (QED) is 0.690. The Bertz CT molecular complexity index is 766. The van der Waals surface area contributed by atoms with Gasteiger partial charge in [0.25, 0.3) is 0 Å². The second-order valence-electron chi connectivity index (χ2n) is 5.43. The van der Waals surface area contributed by atoms with Crippen molar-refractivity contribution in [2.45, 2.75) is 37.0 Å². The molecule has 2 N–H and O–H groups in total. The van der Waals surface area contributed by atoms with E-state index in [-0.39, 0.29) is 6.42 Å². The van der Waals surface area contributed by atoms with E-state index < -0.39 is 16.0 Å². The maximum absolute atomic E-state index is 12.4. The number of hydrogen-bond donors (Lipinski definition) is 2. The second kappa shape index (κ2) is 8.08. The fourth-order valence-corrected chi connectivity index (χ4v) is 3.77. The minimum atomic E-state index is -3.54. The van der Waals surface area contributed by atoms with Crippen molar-refractivity contribution in [3.63, 3.8) is 0 Å². The average molecular weight is 335 g/mol. The lowest BCUT2D eigenvalue weighted by molar-refractivity contribution is -0.137. The van der Waals surface area contributed by atoms with Crippen LogP contribution in [0.3, 0.4) is 0 Å². The van der Waals surface area contributed by atoms with E-state index in [1.165, 1.54) is 0 Å². The van der Waals surface area contributed by atoms with Crippen molar-refractivity contribution in [1.82, 2.24) is 4.72 Å². The monoisotopic (exact) mass is 335 g/mol. The van der Waals surface area contributed by atoms with Crippen LogP contribution in [0.15, 0.2) is 47.4 Å². The van der Waals surface area contributed by atoms with Gasteiger partial charge in [0.2, 0.25) is 10.0 Å². The normalized spacial score (nSPS) is 11.7. The Balaban J connectivity index is 1.90. The summed E-state index contributed by atoms with van der Waals surface area (Å²) in [5, 5.41) is 10.1. The third-order valence-corrected chi connectivity index (χ3v) is 5.17. The smallest absolute Gasteiger partial charge is 0.303 e. The predicted octanol–water partition coefficient (Wildman–Crippen LogP) is 3.15. The molecule has 0 aliphatic carbocycles. The summed E-state index contributed by atoms with van der Waals surface area (Å²) in [5.41, 5.74) is 0. The maximum atomic E-state index is 12.4. The molecule has 6 heteroatoms. The number of carbonyl (C=O) groups is 1. The van der Waals surface area contributed by atoms with Gasteiger partial charge in [0.1, 0.15) is 0 Å². The van der Waals surface area contributed by atoms with Crippen LogP contribution in [0.1, 0.15) is 32.1 Å². The zero-order valence-corrected chi connectivity index (χ0v) is 13.7. The van der Waals surface area contributed by atoms with E-state index in [0.29, 0.717) is 29.7 Å². The summed E-state index contributed by atoms with van der Waals surface area (Å²) in [6.07, 6.45) is 3.10. The largest absolute Gasteiger partial charge is 0.481 e. The van der Waals surface area contributed by atoms with E-state index in [9.17, 15) is 13.2 Å². The van der Waals surface area contributed by atoms with Crippen molar-refractivity contribution < 1.29 is 18.3 Å². The van der Waals surface area contributed by atoms with Gasteiger partial charge in [-0.2, -0.15) is 0 Å².